The summed E-state index contributed by atoms with van der Waals surface area (Å²) in [5, 5.41) is 0. The van der Waals surface area contributed by atoms with Gasteiger partial charge < -0.3 is 9.11 Å². The average Bonchev–Trinajstić information content (AvgIpc) is 1.71. The fourth-order valence-electron chi connectivity index (χ4n) is 0.568. The molecule has 104 valence electrons. The first kappa shape index (κ1) is 17.1. The molecule has 17 heavy (non-hydrogen) atoms. The molecular weight excluding hydrogens is 359 g/mol. The Morgan fingerprint density at radius 1 is 0.824 bits per heavy atom. The van der Waals surface area contributed by atoms with Crippen LogP contribution >= 0.6 is 0 Å². The van der Waals surface area contributed by atoms with Crippen molar-refractivity contribution < 1.29 is 67.6 Å². The Morgan fingerprint density at radius 3 is 1.12 bits per heavy atom. The Kier molecular flexibility index (Phi) is 4.68. The van der Waals surface area contributed by atoms with Crippen LogP contribution in [-0.2, 0) is 64.4 Å². The summed E-state index contributed by atoms with van der Waals surface area (Å²) >= 11 is 0. The first-order valence-corrected chi connectivity index (χ1v) is 6.82. The van der Waals surface area contributed by atoms with E-state index in [1.165, 1.54) is 0 Å². The summed E-state index contributed by atoms with van der Waals surface area (Å²) in [4.78, 5) is 0. The van der Waals surface area contributed by atoms with Crippen LogP contribution in [0.2, 0.25) is 0 Å². The number of hydrogen-bond donors (Lipinski definition) is 0. The second-order valence-corrected chi connectivity index (χ2v) is 5.17. The Bertz CT molecular complexity index is 502. The Labute approximate surface area is 105 Å². The molecule has 0 radical (unpaired) electrons. The summed E-state index contributed by atoms with van der Waals surface area (Å²) in [6.45, 7) is 0. The third-order valence-electron chi connectivity index (χ3n) is 0.816. The monoisotopic (exact) mass is 358 g/mol. The number of rotatable bonds is 0. The Balaban J connectivity index is 0.000000373. The zero-order chi connectivity index (χ0) is 12.8. The molecule has 0 aromatic rings. The molecule has 12 nitrogen and oxygen atoms in total. The molecule has 0 bridgehead atoms. The zero-order valence-electron chi connectivity index (χ0n) is 6.94. The zero-order valence-corrected chi connectivity index (χ0v) is 10.4. The van der Waals surface area contributed by atoms with E-state index in [9.17, 15) is 16.8 Å². The van der Waals surface area contributed by atoms with E-state index in [0.29, 0.717) is 0 Å². The normalized spacial score (nSPS) is 26.5. The molecule has 2 aliphatic rings. The van der Waals surface area contributed by atoms with E-state index >= 15 is 0 Å². The quantitative estimate of drug-likeness (QED) is 0.240. The van der Waals surface area contributed by atoms with E-state index in [1.54, 1.807) is 0 Å². The maximum Gasteiger partial charge on any atom is 2.00 e. The van der Waals surface area contributed by atoms with Crippen LogP contribution in [0, 0.1) is 0 Å². The molecule has 0 amide bonds. The average molecular weight is 359 g/mol. The van der Waals surface area contributed by atoms with Crippen LogP contribution in [-0.4, -0.2) is 40.5 Å². The van der Waals surface area contributed by atoms with Gasteiger partial charge in [0.05, 0.1) is 0 Å². The molecule has 0 saturated carbocycles. The first-order valence-electron chi connectivity index (χ1n) is 2.82. The molecule has 0 unspecified atom stereocenters. The summed E-state index contributed by atoms with van der Waals surface area (Å²) in [6.07, 6.45) is -2.36. The number of hydrogen-bond acceptors (Lipinski definition) is 12. The Hall–Kier alpha value is 0.104. The molecule has 2 saturated heterocycles. The third-order valence-corrected chi connectivity index (χ3v) is 2.45. The molecule has 0 aromatic carbocycles. The van der Waals surface area contributed by atoms with Crippen LogP contribution in [0.15, 0.2) is 0 Å². The molecule has 2 fully saturated rings. The molecule has 0 aliphatic carbocycles. The van der Waals surface area contributed by atoms with Gasteiger partial charge in [-0.15, -0.1) is 0 Å². The van der Waals surface area contributed by atoms with Gasteiger partial charge in [-0.05, 0) is 0 Å². The van der Waals surface area contributed by atoms with Crippen molar-refractivity contribution in [2.24, 2.45) is 0 Å². The van der Waals surface area contributed by atoms with Gasteiger partial charge in [-0.1, -0.05) is 0 Å². The maximum absolute atomic E-state index is 10.1. The smallest absolute Gasteiger partial charge is 0.759 e. The Morgan fingerprint density at radius 2 is 1.00 bits per heavy atom. The first-order chi connectivity index (χ1) is 6.83. The maximum atomic E-state index is 10.1. The van der Waals surface area contributed by atoms with Crippen LogP contribution < -0.4 is 0 Å². The van der Waals surface area contributed by atoms with Crippen molar-refractivity contribution >= 4 is 31.2 Å². The van der Waals surface area contributed by atoms with Crippen molar-refractivity contribution in [1.29, 1.82) is 0 Å². The minimum Gasteiger partial charge on any atom is -0.759 e. The summed E-state index contributed by atoms with van der Waals surface area (Å²) in [5.74, 6) is 0. The topological polar surface area (TPSA) is 185 Å². The fraction of sp³-hybridized carbons (Fsp3) is 1.00. The summed E-state index contributed by atoms with van der Waals surface area (Å²) in [6, 6.07) is 0. The molecule has 0 N–H and O–H groups in total. The van der Waals surface area contributed by atoms with Gasteiger partial charge in [0.25, 0.3) is 0 Å². The molecule has 2 rings (SSSR count). The van der Waals surface area contributed by atoms with E-state index < -0.39 is 37.4 Å². The van der Waals surface area contributed by atoms with E-state index in [2.05, 4.69) is 16.7 Å². The van der Waals surface area contributed by atoms with Gasteiger partial charge in [-0.2, -0.15) is 33.6 Å². The molecule has 2 aliphatic heterocycles. The largest absolute Gasteiger partial charge is 2.00 e. The third kappa shape index (κ3) is 5.51. The fourth-order valence-corrected chi connectivity index (χ4v) is 2.04. The van der Waals surface area contributed by atoms with Crippen LogP contribution in [0.1, 0.15) is 0 Å². The standard InChI is InChI=1S/CO8S2.Ni.H2O4S/c2-10(3)6-1(7-10)8-11(4,5)9-1;;1-5(2,3)4/h;;(H2,1,2,3,4)/q;+2;/p-2. The van der Waals surface area contributed by atoms with Crippen molar-refractivity contribution in [2.45, 2.75) is 6.16 Å². The van der Waals surface area contributed by atoms with Crippen molar-refractivity contribution in [1.82, 2.24) is 0 Å². The van der Waals surface area contributed by atoms with Crippen LogP contribution in [0.3, 0.4) is 0 Å². The molecule has 0 atom stereocenters. The van der Waals surface area contributed by atoms with Crippen molar-refractivity contribution in [3.8, 4) is 0 Å². The van der Waals surface area contributed by atoms with Crippen LogP contribution in [0.4, 0.5) is 0 Å². The summed E-state index contributed by atoms with van der Waals surface area (Å²) in [7, 11) is -13.4. The van der Waals surface area contributed by atoms with Crippen LogP contribution in [0.5, 0.6) is 0 Å². The van der Waals surface area contributed by atoms with Gasteiger partial charge in [0.1, 0.15) is 0 Å². The van der Waals surface area contributed by atoms with Gasteiger partial charge in [-0.25, -0.2) is 0 Å². The van der Waals surface area contributed by atoms with E-state index in [-0.39, 0.29) is 16.5 Å². The summed E-state index contributed by atoms with van der Waals surface area (Å²) < 4.78 is 89.8. The van der Waals surface area contributed by atoms with Gasteiger partial charge in [0.15, 0.2) is 0 Å². The molecule has 2 heterocycles. The predicted molar refractivity (Wildman–Crippen MR) is 35.4 cm³/mol. The van der Waals surface area contributed by atoms with Gasteiger partial charge in [0.2, 0.25) is 0 Å². The van der Waals surface area contributed by atoms with Crippen molar-refractivity contribution in [3.05, 3.63) is 0 Å². The summed E-state index contributed by atoms with van der Waals surface area (Å²) in [5.41, 5.74) is 0. The van der Waals surface area contributed by atoms with Crippen molar-refractivity contribution in [2.75, 3.05) is 0 Å². The second kappa shape index (κ2) is 4.65. The minimum absolute atomic E-state index is 0. The van der Waals surface area contributed by atoms with Gasteiger partial charge in [-0.3, -0.25) is 8.42 Å². The van der Waals surface area contributed by atoms with Gasteiger partial charge >= 0.3 is 43.4 Å². The van der Waals surface area contributed by atoms with Crippen molar-refractivity contribution in [3.63, 3.8) is 0 Å². The predicted octanol–water partition coefficient (Wildman–Crippen LogP) is -3.16. The SMILES string of the molecule is O=S(=O)([O-])[O-].O=S1(=O)OC2(O1)OS(=O)(=O)O2.[Ni+2]. The molecule has 16 heteroatoms. The minimum atomic E-state index is -5.17. The van der Waals surface area contributed by atoms with Crippen LogP contribution in [0.25, 0.3) is 0 Å². The second-order valence-electron chi connectivity index (χ2n) is 2.06. The van der Waals surface area contributed by atoms with E-state index in [4.69, 9.17) is 17.5 Å². The van der Waals surface area contributed by atoms with E-state index in [0.717, 1.165) is 0 Å². The molecule has 1 spiro atoms. The molecular formula is CNiO12S3. The van der Waals surface area contributed by atoms with E-state index in [1.807, 2.05) is 0 Å². The van der Waals surface area contributed by atoms with Gasteiger partial charge in [0, 0.05) is 10.4 Å². The molecule has 0 aromatic heterocycles.